The largest absolute Gasteiger partial charge is 0.490 e. The van der Waals surface area contributed by atoms with Crippen LogP contribution in [-0.2, 0) is 11.8 Å². The summed E-state index contributed by atoms with van der Waals surface area (Å²) in [5.41, 5.74) is 5.02. The highest BCUT2D eigenvalue weighted by molar-refractivity contribution is 5.59. The van der Waals surface area contributed by atoms with E-state index in [0.717, 1.165) is 43.3 Å². The molecule has 0 spiro atoms. The maximum absolute atomic E-state index is 12.0. The van der Waals surface area contributed by atoms with Crippen LogP contribution in [0.5, 0.6) is 5.75 Å². The molecule has 6 atom stereocenters. The second kappa shape index (κ2) is 7.68. The predicted molar refractivity (Wildman–Crippen MR) is 144 cm³/mol. The van der Waals surface area contributed by atoms with Crippen molar-refractivity contribution in [2.45, 2.75) is 88.8 Å². The summed E-state index contributed by atoms with van der Waals surface area (Å²) in [4.78, 5) is 27.0. The van der Waals surface area contributed by atoms with E-state index in [2.05, 4.69) is 35.8 Å². The van der Waals surface area contributed by atoms with E-state index in [1.165, 1.54) is 49.7 Å². The number of hydrogen-bond acceptors (Lipinski definition) is 7. The summed E-state index contributed by atoms with van der Waals surface area (Å²) in [6.45, 7) is 6.30. The topological polar surface area (TPSA) is 84.6 Å². The molecule has 4 aliphatic carbocycles. The Morgan fingerprint density at radius 2 is 1.89 bits per heavy atom. The first-order valence-corrected chi connectivity index (χ1v) is 14.6. The van der Waals surface area contributed by atoms with E-state index < -0.39 is 0 Å². The molecule has 3 heterocycles. The highest BCUT2D eigenvalue weighted by Crippen LogP contribution is 2.76. The molecule has 200 valence electrons. The van der Waals surface area contributed by atoms with Gasteiger partial charge in [-0.3, -0.25) is 15.0 Å². The molecule has 4 bridgehead atoms. The molecule has 8 heteroatoms. The van der Waals surface area contributed by atoms with E-state index in [9.17, 15) is 10.1 Å². The zero-order valence-corrected chi connectivity index (χ0v) is 22.7. The first-order chi connectivity index (χ1) is 18.4. The number of likely N-dealkylation sites (tertiary alicyclic amines) is 1. The maximum atomic E-state index is 12.0. The fraction of sp³-hybridized carbons (Fsp3) is 0.667. The number of rotatable bonds is 4. The van der Waals surface area contributed by atoms with Gasteiger partial charge in [0.05, 0.1) is 12.0 Å². The average molecular weight is 516 g/mol. The van der Waals surface area contributed by atoms with E-state index in [4.69, 9.17) is 14.7 Å². The Bertz CT molecular complexity index is 1340. The molecule has 3 saturated carbocycles. The van der Waals surface area contributed by atoms with Gasteiger partial charge in [-0.25, -0.2) is 9.97 Å². The second-order valence-corrected chi connectivity index (χ2v) is 13.1. The minimum atomic E-state index is -0.265. The molecule has 1 aromatic heterocycles. The Hall–Kier alpha value is -2.74. The third-order valence-corrected chi connectivity index (χ3v) is 11.8. The number of hydrogen-bond donors (Lipinski definition) is 0. The molecule has 5 fully saturated rings. The van der Waals surface area contributed by atoms with Crippen molar-refractivity contribution < 1.29 is 9.66 Å². The van der Waals surface area contributed by atoms with E-state index in [-0.39, 0.29) is 21.4 Å². The Morgan fingerprint density at radius 3 is 2.58 bits per heavy atom. The summed E-state index contributed by atoms with van der Waals surface area (Å²) in [5, 5.41) is 12.0. The van der Waals surface area contributed by atoms with Crippen molar-refractivity contribution in [2.75, 3.05) is 25.1 Å². The summed E-state index contributed by atoms with van der Waals surface area (Å²) in [5.74, 6) is 2.44. The van der Waals surface area contributed by atoms with E-state index in [1.54, 1.807) is 7.11 Å². The van der Waals surface area contributed by atoms with Crippen LogP contribution in [0.15, 0.2) is 18.2 Å². The molecule has 2 aromatic rings. The molecule has 5 unspecified atom stereocenters. The lowest BCUT2D eigenvalue weighted by Crippen LogP contribution is -2.71. The van der Waals surface area contributed by atoms with Gasteiger partial charge in [0.1, 0.15) is 0 Å². The first-order valence-electron chi connectivity index (χ1n) is 14.6. The van der Waals surface area contributed by atoms with Crippen molar-refractivity contribution in [3.8, 4) is 5.75 Å². The lowest BCUT2D eigenvalue weighted by Gasteiger charge is -2.68. The van der Waals surface area contributed by atoms with Crippen LogP contribution < -0.4 is 9.64 Å². The number of nitrogens with zero attached hydrogens (tertiary/aromatic N) is 5. The summed E-state index contributed by atoms with van der Waals surface area (Å²) in [6.07, 6.45) is 9.70. The summed E-state index contributed by atoms with van der Waals surface area (Å²) >= 11 is 0. The van der Waals surface area contributed by atoms with E-state index in [0.29, 0.717) is 35.7 Å². The molecule has 2 aliphatic heterocycles. The summed E-state index contributed by atoms with van der Waals surface area (Å²) in [7, 11) is 1.57. The summed E-state index contributed by atoms with van der Waals surface area (Å²) in [6, 6.07) is 7.63. The van der Waals surface area contributed by atoms with Crippen molar-refractivity contribution in [2.24, 2.45) is 17.3 Å². The van der Waals surface area contributed by atoms with Gasteiger partial charge in [-0.15, -0.1) is 0 Å². The van der Waals surface area contributed by atoms with E-state index in [1.807, 2.05) is 6.07 Å². The van der Waals surface area contributed by atoms with Gasteiger partial charge in [0.25, 0.3) is 0 Å². The number of anilines is 1. The molecule has 8 nitrogen and oxygen atoms in total. The van der Waals surface area contributed by atoms with Crippen LogP contribution in [0.1, 0.15) is 67.5 Å². The fourth-order valence-corrected chi connectivity index (χ4v) is 10.6. The van der Waals surface area contributed by atoms with Gasteiger partial charge in [-0.05, 0) is 106 Å². The number of nitro benzene ring substituents is 1. The second-order valence-electron chi connectivity index (χ2n) is 13.1. The minimum Gasteiger partial charge on any atom is -0.490 e. The molecule has 0 N–H and O–H groups in total. The Morgan fingerprint density at radius 1 is 1.11 bits per heavy atom. The quantitative estimate of drug-likeness (QED) is 0.430. The highest BCUT2D eigenvalue weighted by Gasteiger charge is 2.76. The molecule has 1 aromatic carbocycles. The number of benzene rings is 1. The van der Waals surface area contributed by atoms with Crippen LogP contribution in [0, 0.1) is 41.2 Å². The standard InChI is InChI=1S/C30H37N5O3/c1-17-11-18(2)32-28(31-17)34-16-20-15-29-8-7-23(34)27(20)30(29)9-10-33(21-5-4-6-21)26(29)13-19-12-24(35(36)37)25(38-3)14-22(19)30/h11-12,14,20-21,23,26-27H,4-10,13,15-16H2,1-3H3/t20-,23?,26?,27?,29?,30?/m1/s1. The van der Waals surface area contributed by atoms with E-state index >= 15 is 0 Å². The van der Waals surface area contributed by atoms with Gasteiger partial charge in [0.15, 0.2) is 5.75 Å². The number of fused-ring (bicyclic) bond motifs is 1. The van der Waals surface area contributed by atoms with Crippen LogP contribution >= 0.6 is 0 Å². The number of nitro groups is 1. The van der Waals surface area contributed by atoms with Crippen LogP contribution in [0.25, 0.3) is 0 Å². The Kier molecular flexibility index (Phi) is 4.68. The Balaban J connectivity index is 1.31. The van der Waals surface area contributed by atoms with Crippen LogP contribution in [0.4, 0.5) is 11.6 Å². The normalized spacial score (nSPS) is 37.0. The van der Waals surface area contributed by atoms with Crippen molar-refractivity contribution in [3.63, 3.8) is 0 Å². The highest BCUT2D eigenvalue weighted by atomic mass is 16.6. The molecule has 6 aliphatic rings. The molecular formula is C30H37N5O3. The van der Waals surface area contributed by atoms with Gasteiger partial charge in [0, 0.05) is 47.5 Å². The third-order valence-electron chi connectivity index (χ3n) is 11.8. The zero-order valence-electron chi connectivity index (χ0n) is 22.7. The molecule has 0 amide bonds. The number of aryl methyl sites for hydroxylation is 2. The first kappa shape index (κ1) is 23.2. The van der Waals surface area contributed by atoms with Gasteiger partial charge >= 0.3 is 5.69 Å². The molecule has 2 saturated heterocycles. The van der Waals surface area contributed by atoms with Crippen molar-refractivity contribution in [3.05, 3.63) is 50.8 Å². The van der Waals surface area contributed by atoms with Gasteiger partial charge < -0.3 is 9.64 Å². The van der Waals surface area contributed by atoms with Gasteiger partial charge in [-0.1, -0.05) is 6.42 Å². The number of ether oxygens (including phenoxy) is 1. The lowest BCUT2D eigenvalue weighted by molar-refractivity contribution is -0.385. The average Bonchev–Trinajstić information content (AvgIpc) is 3.29. The Labute approximate surface area is 223 Å². The smallest absolute Gasteiger partial charge is 0.311 e. The van der Waals surface area contributed by atoms with Crippen molar-refractivity contribution >= 4 is 11.6 Å². The monoisotopic (exact) mass is 515 g/mol. The van der Waals surface area contributed by atoms with Gasteiger partial charge in [0.2, 0.25) is 5.95 Å². The fourth-order valence-electron chi connectivity index (χ4n) is 10.6. The number of piperidine rings is 1. The zero-order chi connectivity index (χ0) is 26.0. The van der Waals surface area contributed by atoms with Crippen LogP contribution in [0.3, 0.4) is 0 Å². The maximum Gasteiger partial charge on any atom is 0.311 e. The molecule has 8 rings (SSSR count). The lowest BCUT2D eigenvalue weighted by atomic mass is 9.43. The third kappa shape index (κ3) is 2.70. The predicted octanol–water partition coefficient (Wildman–Crippen LogP) is 4.74. The molecular weight excluding hydrogens is 478 g/mol. The number of aromatic nitrogens is 2. The van der Waals surface area contributed by atoms with Crippen LogP contribution in [-0.4, -0.2) is 58.1 Å². The SMILES string of the molecule is COc1cc2c(cc1[N+](=O)[O-])CC1N(C3CCC3)CCC23C2C4CCC13C[C@@H]2CN4c1nc(C)cc(C)n1. The molecule has 0 radical (unpaired) electrons. The number of methoxy groups -OCH3 is 1. The molecule has 38 heavy (non-hydrogen) atoms. The van der Waals surface area contributed by atoms with Gasteiger partial charge in [-0.2, -0.15) is 0 Å². The van der Waals surface area contributed by atoms with Crippen molar-refractivity contribution in [1.82, 2.24) is 14.9 Å². The minimum absolute atomic E-state index is 0.0368. The van der Waals surface area contributed by atoms with Crippen molar-refractivity contribution in [1.29, 1.82) is 0 Å². The van der Waals surface area contributed by atoms with Crippen LogP contribution in [0.2, 0.25) is 0 Å². The summed E-state index contributed by atoms with van der Waals surface area (Å²) < 4.78 is 5.66.